The van der Waals surface area contributed by atoms with Crippen LogP contribution in [0.5, 0.6) is 11.5 Å². The number of phenolic OH excluding ortho intramolecular Hbond substituents is 1. The molecule has 1 amide bonds. The van der Waals surface area contributed by atoms with Gasteiger partial charge in [0.2, 0.25) is 0 Å². The van der Waals surface area contributed by atoms with Crippen molar-refractivity contribution in [3.63, 3.8) is 0 Å². The van der Waals surface area contributed by atoms with Crippen LogP contribution in [0.25, 0.3) is 0 Å². The van der Waals surface area contributed by atoms with Crippen molar-refractivity contribution < 1.29 is 19.4 Å². The van der Waals surface area contributed by atoms with Crippen LogP contribution in [0, 0.1) is 5.92 Å². The molecule has 7 nitrogen and oxygen atoms in total. The van der Waals surface area contributed by atoms with E-state index in [-0.39, 0.29) is 23.5 Å². The molecule has 0 unspecified atom stereocenters. The Morgan fingerprint density at radius 3 is 2.91 bits per heavy atom. The standard InChI is InChI=1S/C26H27N3O4/c30-18-7-6-16-13-20-26(28-24(32)17-3-1-2-11-27-17)9-8-19(31)23-25(26,21(16)22(18)33-23)10-12-29(20)14-15-4-5-15/h1-3,6-7,11,15,20,23,30H,4-5,8-10,12-14H2,(H,28,32)/t20-,23+,25+,26-/m1/s1. The Balaban J connectivity index is 1.43. The largest absolute Gasteiger partial charge is 0.504 e. The molecule has 3 heterocycles. The third-order valence-corrected chi connectivity index (χ3v) is 8.85. The van der Waals surface area contributed by atoms with Gasteiger partial charge in [-0.2, -0.15) is 0 Å². The smallest absolute Gasteiger partial charge is 0.270 e. The van der Waals surface area contributed by atoms with Gasteiger partial charge in [0.15, 0.2) is 23.4 Å². The van der Waals surface area contributed by atoms with Gasteiger partial charge in [0, 0.05) is 30.8 Å². The summed E-state index contributed by atoms with van der Waals surface area (Å²) in [6.07, 6.45) is 5.90. The van der Waals surface area contributed by atoms with E-state index in [1.54, 1.807) is 24.4 Å². The molecule has 3 aliphatic carbocycles. The van der Waals surface area contributed by atoms with Crippen LogP contribution >= 0.6 is 0 Å². The Morgan fingerprint density at radius 2 is 2.12 bits per heavy atom. The molecule has 2 aromatic rings. The van der Waals surface area contributed by atoms with Gasteiger partial charge < -0.3 is 15.2 Å². The van der Waals surface area contributed by atoms with Crippen LogP contribution in [0.1, 0.15) is 53.7 Å². The van der Waals surface area contributed by atoms with Gasteiger partial charge in [-0.1, -0.05) is 12.1 Å². The number of phenols is 1. The van der Waals surface area contributed by atoms with Gasteiger partial charge in [0.1, 0.15) is 5.69 Å². The number of likely N-dealkylation sites (tertiary alicyclic amines) is 1. The molecule has 0 radical (unpaired) electrons. The molecule has 2 N–H and O–H groups in total. The first-order valence-corrected chi connectivity index (χ1v) is 12.1. The number of aromatic nitrogens is 1. The summed E-state index contributed by atoms with van der Waals surface area (Å²) < 4.78 is 6.28. The minimum Gasteiger partial charge on any atom is -0.504 e. The second-order valence-corrected chi connectivity index (χ2v) is 10.4. The first kappa shape index (κ1) is 19.5. The molecule has 2 saturated carbocycles. The fourth-order valence-electron chi connectivity index (χ4n) is 7.33. The van der Waals surface area contributed by atoms with E-state index in [2.05, 4.69) is 15.2 Å². The van der Waals surface area contributed by atoms with Crippen molar-refractivity contribution in [3.05, 3.63) is 53.3 Å². The number of hydrogen-bond acceptors (Lipinski definition) is 6. The number of pyridine rings is 1. The highest BCUT2D eigenvalue weighted by Gasteiger charge is 2.74. The number of aromatic hydroxyl groups is 1. The Bertz CT molecular complexity index is 1180. The molecule has 4 atom stereocenters. The summed E-state index contributed by atoms with van der Waals surface area (Å²) in [5.74, 6) is 1.10. The van der Waals surface area contributed by atoms with E-state index in [1.807, 2.05) is 12.1 Å². The molecule has 7 rings (SSSR count). The summed E-state index contributed by atoms with van der Waals surface area (Å²) in [4.78, 5) is 33.6. The number of amides is 1. The van der Waals surface area contributed by atoms with Crippen LogP contribution < -0.4 is 10.1 Å². The zero-order valence-corrected chi connectivity index (χ0v) is 18.4. The van der Waals surface area contributed by atoms with Gasteiger partial charge in [0.25, 0.3) is 5.91 Å². The van der Waals surface area contributed by atoms with Crippen LogP contribution in [0.15, 0.2) is 36.5 Å². The number of carbonyl (C=O) groups is 2. The number of piperidine rings is 1. The van der Waals surface area contributed by atoms with Crippen LogP contribution in [-0.2, 0) is 16.6 Å². The molecule has 1 spiro atoms. The topological polar surface area (TPSA) is 91.8 Å². The molecule has 3 fully saturated rings. The average Bonchev–Trinajstić information content (AvgIpc) is 3.57. The maximum absolute atomic E-state index is 13.5. The van der Waals surface area contributed by atoms with E-state index in [0.29, 0.717) is 24.3 Å². The van der Waals surface area contributed by atoms with Crippen LogP contribution in [0.3, 0.4) is 0 Å². The molecule has 1 saturated heterocycles. The van der Waals surface area contributed by atoms with E-state index in [1.165, 1.54) is 12.8 Å². The van der Waals surface area contributed by atoms with E-state index in [9.17, 15) is 14.7 Å². The highest BCUT2D eigenvalue weighted by atomic mass is 16.5. The molecule has 5 aliphatic rings. The molecule has 2 bridgehead atoms. The van der Waals surface area contributed by atoms with E-state index in [4.69, 9.17) is 4.74 Å². The molecule has 2 aliphatic heterocycles. The van der Waals surface area contributed by atoms with E-state index >= 15 is 0 Å². The number of benzene rings is 1. The summed E-state index contributed by atoms with van der Waals surface area (Å²) in [5, 5.41) is 14.1. The summed E-state index contributed by atoms with van der Waals surface area (Å²) in [5.41, 5.74) is 1.14. The second kappa shape index (κ2) is 6.56. The number of hydrogen-bond donors (Lipinski definition) is 2. The molecular weight excluding hydrogens is 418 g/mol. The monoisotopic (exact) mass is 445 g/mol. The van der Waals surface area contributed by atoms with E-state index in [0.717, 1.165) is 43.0 Å². The number of ketones is 1. The maximum atomic E-state index is 13.5. The van der Waals surface area contributed by atoms with Crippen molar-refractivity contribution in [2.24, 2.45) is 5.92 Å². The van der Waals surface area contributed by atoms with Crippen LogP contribution in [0.2, 0.25) is 0 Å². The quantitative estimate of drug-likeness (QED) is 0.751. The molecule has 170 valence electrons. The highest BCUT2D eigenvalue weighted by Crippen LogP contribution is 2.65. The maximum Gasteiger partial charge on any atom is 0.270 e. The lowest BCUT2D eigenvalue weighted by molar-refractivity contribution is -0.143. The fourth-order valence-corrected chi connectivity index (χ4v) is 7.33. The fraction of sp³-hybridized carbons (Fsp3) is 0.500. The van der Waals surface area contributed by atoms with Crippen LogP contribution in [-0.4, -0.2) is 57.5 Å². The number of carbonyl (C=O) groups excluding carboxylic acids is 2. The van der Waals surface area contributed by atoms with Gasteiger partial charge >= 0.3 is 0 Å². The summed E-state index contributed by atoms with van der Waals surface area (Å²) in [6, 6.07) is 9.09. The number of nitrogens with one attached hydrogen (secondary N) is 1. The molecule has 33 heavy (non-hydrogen) atoms. The molecule has 1 aromatic heterocycles. The Labute approximate surface area is 192 Å². The first-order chi connectivity index (χ1) is 16.0. The van der Waals surface area contributed by atoms with Crippen molar-refractivity contribution >= 4 is 11.7 Å². The number of Topliss-reactive ketones (excluding diaryl/α,β-unsaturated/α-hetero) is 1. The Morgan fingerprint density at radius 1 is 1.24 bits per heavy atom. The lowest BCUT2D eigenvalue weighted by atomic mass is 9.47. The van der Waals surface area contributed by atoms with Crippen molar-refractivity contribution in [1.29, 1.82) is 0 Å². The normalized spacial score (nSPS) is 33.9. The second-order valence-electron chi connectivity index (χ2n) is 10.4. The van der Waals surface area contributed by atoms with Gasteiger partial charge in [-0.05, 0) is 68.3 Å². The van der Waals surface area contributed by atoms with Gasteiger partial charge in [-0.3, -0.25) is 19.5 Å². The van der Waals surface area contributed by atoms with Crippen molar-refractivity contribution in [3.8, 4) is 11.5 Å². The Kier molecular flexibility index (Phi) is 3.89. The van der Waals surface area contributed by atoms with Gasteiger partial charge in [-0.25, -0.2) is 0 Å². The summed E-state index contributed by atoms with van der Waals surface area (Å²) >= 11 is 0. The van der Waals surface area contributed by atoms with Crippen molar-refractivity contribution in [1.82, 2.24) is 15.2 Å². The van der Waals surface area contributed by atoms with Gasteiger partial charge in [-0.15, -0.1) is 0 Å². The van der Waals surface area contributed by atoms with E-state index < -0.39 is 17.1 Å². The average molecular weight is 446 g/mol. The predicted molar refractivity (Wildman–Crippen MR) is 119 cm³/mol. The third-order valence-electron chi connectivity index (χ3n) is 8.85. The molecule has 7 heteroatoms. The van der Waals surface area contributed by atoms with Crippen molar-refractivity contribution in [2.45, 2.75) is 61.6 Å². The predicted octanol–water partition coefficient (Wildman–Crippen LogP) is 2.36. The first-order valence-electron chi connectivity index (χ1n) is 12.1. The highest BCUT2D eigenvalue weighted by molar-refractivity contribution is 5.95. The van der Waals surface area contributed by atoms with Gasteiger partial charge in [0.05, 0.1) is 11.0 Å². The number of ether oxygens (including phenoxy) is 1. The lowest BCUT2D eigenvalue weighted by Gasteiger charge is -2.65. The summed E-state index contributed by atoms with van der Waals surface area (Å²) in [6.45, 7) is 1.89. The lowest BCUT2D eigenvalue weighted by Crippen LogP contribution is -2.82. The van der Waals surface area contributed by atoms with Crippen molar-refractivity contribution in [2.75, 3.05) is 13.1 Å². The number of nitrogens with zero attached hydrogens (tertiary/aromatic N) is 2. The SMILES string of the molecule is O=C(N[C@@]12CCC(=O)[C@@H]3Oc4c(O)ccc5c4[C@@]31CCN(CC1CC1)[C@@H]2C5)c1ccccn1. The minimum atomic E-state index is -0.678. The zero-order chi connectivity index (χ0) is 22.4. The van der Waals surface area contributed by atoms with Crippen LogP contribution in [0.4, 0.5) is 0 Å². The molecular formula is C26H27N3O4. The Hall–Kier alpha value is -2.93. The zero-order valence-electron chi connectivity index (χ0n) is 18.4. The summed E-state index contributed by atoms with van der Waals surface area (Å²) in [7, 11) is 0. The molecule has 1 aromatic carbocycles. The minimum absolute atomic E-state index is 0.0653. The third kappa shape index (κ3) is 2.46. The number of rotatable bonds is 4.